The zero-order valence-electron chi connectivity index (χ0n) is 13.9. The Kier molecular flexibility index (Phi) is 4.21. The zero-order chi connectivity index (χ0) is 17.2. The summed E-state index contributed by atoms with van der Waals surface area (Å²) in [5.41, 5.74) is 10.00. The molecule has 1 aliphatic heterocycles. The summed E-state index contributed by atoms with van der Waals surface area (Å²) in [5, 5.41) is 0.908. The molecular formula is C19H20N4O2. The van der Waals surface area contributed by atoms with Gasteiger partial charge in [-0.05, 0) is 17.2 Å². The number of hydrogen-bond acceptors (Lipinski definition) is 4. The number of ether oxygens (including phenoxy) is 1. The lowest BCUT2D eigenvalue weighted by molar-refractivity contribution is 0.0342. The standard InChI is InChI=1S/C19H20N4O2/c20-18(24)14-9-16-17(11-22-19(16)21-10-14)15-4-2-1-3-13(15)12-23-5-7-25-8-6-23/h1-4,9-11H,5-8,12H2,(H2,20,24)(H,21,22). The van der Waals surface area contributed by atoms with Gasteiger partial charge < -0.3 is 15.5 Å². The van der Waals surface area contributed by atoms with Crippen molar-refractivity contribution in [2.24, 2.45) is 5.73 Å². The Morgan fingerprint density at radius 1 is 1.24 bits per heavy atom. The van der Waals surface area contributed by atoms with Gasteiger partial charge in [0, 0.05) is 43.0 Å². The molecule has 0 unspecified atom stereocenters. The van der Waals surface area contributed by atoms with Gasteiger partial charge in [-0.25, -0.2) is 4.98 Å². The summed E-state index contributed by atoms with van der Waals surface area (Å²) in [6.45, 7) is 4.31. The van der Waals surface area contributed by atoms with Crippen molar-refractivity contribution in [3.63, 3.8) is 0 Å². The van der Waals surface area contributed by atoms with Crippen molar-refractivity contribution in [3.8, 4) is 11.1 Å². The number of rotatable bonds is 4. The van der Waals surface area contributed by atoms with Crippen LogP contribution in [0.5, 0.6) is 0 Å². The van der Waals surface area contributed by atoms with Crippen molar-refractivity contribution in [2.45, 2.75) is 6.54 Å². The van der Waals surface area contributed by atoms with Gasteiger partial charge in [-0.15, -0.1) is 0 Å². The first kappa shape index (κ1) is 15.8. The fourth-order valence-electron chi connectivity index (χ4n) is 3.28. The topological polar surface area (TPSA) is 84.2 Å². The summed E-state index contributed by atoms with van der Waals surface area (Å²) in [6, 6.07) is 10.1. The van der Waals surface area contributed by atoms with E-state index in [0.717, 1.165) is 55.0 Å². The van der Waals surface area contributed by atoms with E-state index in [2.05, 4.69) is 33.1 Å². The SMILES string of the molecule is NC(=O)c1cnc2[nH]cc(-c3ccccc3CN3CCOCC3)c2c1. The van der Waals surface area contributed by atoms with Gasteiger partial charge in [0.1, 0.15) is 5.65 Å². The van der Waals surface area contributed by atoms with Crippen LogP contribution in [0.15, 0.2) is 42.7 Å². The Morgan fingerprint density at radius 2 is 2.04 bits per heavy atom. The maximum atomic E-state index is 11.5. The molecular weight excluding hydrogens is 316 g/mol. The Labute approximate surface area is 145 Å². The molecule has 0 bridgehead atoms. The highest BCUT2D eigenvalue weighted by molar-refractivity contribution is 6.00. The van der Waals surface area contributed by atoms with Crippen LogP contribution in [0, 0.1) is 0 Å². The summed E-state index contributed by atoms with van der Waals surface area (Å²) in [6.07, 6.45) is 3.45. The minimum Gasteiger partial charge on any atom is -0.379 e. The third-order valence-corrected chi connectivity index (χ3v) is 4.62. The number of aromatic amines is 1. The minimum absolute atomic E-state index is 0.416. The van der Waals surface area contributed by atoms with E-state index in [9.17, 15) is 4.79 Å². The van der Waals surface area contributed by atoms with Crippen molar-refractivity contribution in [1.29, 1.82) is 0 Å². The van der Waals surface area contributed by atoms with Crippen molar-refractivity contribution < 1.29 is 9.53 Å². The summed E-state index contributed by atoms with van der Waals surface area (Å²) in [5.74, 6) is -0.469. The number of nitrogens with one attached hydrogen (secondary N) is 1. The van der Waals surface area contributed by atoms with E-state index in [1.165, 1.54) is 11.8 Å². The number of nitrogens with two attached hydrogens (primary N) is 1. The van der Waals surface area contributed by atoms with Crippen LogP contribution >= 0.6 is 0 Å². The molecule has 3 heterocycles. The minimum atomic E-state index is -0.469. The molecule has 3 N–H and O–H groups in total. The Balaban J connectivity index is 1.75. The molecule has 6 heteroatoms. The third-order valence-electron chi connectivity index (χ3n) is 4.62. The van der Waals surface area contributed by atoms with E-state index in [0.29, 0.717) is 5.56 Å². The predicted octanol–water partition coefficient (Wildman–Crippen LogP) is 2.16. The highest BCUT2D eigenvalue weighted by atomic mass is 16.5. The Morgan fingerprint density at radius 3 is 2.84 bits per heavy atom. The lowest BCUT2D eigenvalue weighted by atomic mass is 9.98. The van der Waals surface area contributed by atoms with E-state index < -0.39 is 5.91 Å². The number of hydrogen-bond donors (Lipinski definition) is 2. The molecule has 3 aromatic rings. The quantitative estimate of drug-likeness (QED) is 0.765. The number of amides is 1. The number of nitrogens with zero attached hydrogens (tertiary/aromatic N) is 2. The van der Waals surface area contributed by atoms with Crippen molar-refractivity contribution in [3.05, 3.63) is 53.9 Å². The van der Waals surface area contributed by atoms with Gasteiger partial charge >= 0.3 is 0 Å². The van der Waals surface area contributed by atoms with E-state index in [1.807, 2.05) is 18.3 Å². The third kappa shape index (κ3) is 3.14. The van der Waals surface area contributed by atoms with Gasteiger partial charge in [0.15, 0.2) is 0 Å². The lowest BCUT2D eigenvalue weighted by Gasteiger charge is -2.27. The number of morpholine rings is 1. The Bertz CT molecular complexity index is 913. The van der Waals surface area contributed by atoms with Gasteiger partial charge in [0.05, 0.1) is 18.8 Å². The van der Waals surface area contributed by atoms with Gasteiger partial charge in [-0.3, -0.25) is 9.69 Å². The molecule has 1 fully saturated rings. The number of aromatic nitrogens is 2. The predicted molar refractivity (Wildman–Crippen MR) is 96.1 cm³/mol. The second kappa shape index (κ2) is 6.66. The number of H-pyrrole nitrogens is 1. The smallest absolute Gasteiger partial charge is 0.250 e. The van der Waals surface area contributed by atoms with Crippen LogP contribution in [0.25, 0.3) is 22.2 Å². The monoisotopic (exact) mass is 336 g/mol. The van der Waals surface area contributed by atoms with Crippen molar-refractivity contribution in [1.82, 2.24) is 14.9 Å². The second-order valence-electron chi connectivity index (χ2n) is 6.23. The molecule has 4 rings (SSSR count). The van der Waals surface area contributed by atoms with Gasteiger partial charge in [-0.1, -0.05) is 24.3 Å². The van der Waals surface area contributed by atoms with Crippen molar-refractivity contribution >= 4 is 16.9 Å². The van der Waals surface area contributed by atoms with E-state index in [-0.39, 0.29) is 0 Å². The van der Waals surface area contributed by atoms with E-state index in [1.54, 1.807) is 0 Å². The number of primary amides is 1. The second-order valence-corrected chi connectivity index (χ2v) is 6.23. The number of benzene rings is 1. The van der Waals surface area contributed by atoms with E-state index in [4.69, 9.17) is 10.5 Å². The van der Waals surface area contributed by atoms with E-state index >= 15 is 0 Å². The Hall–Kier alpha value is -2.70. The molecule has 0 aliphatic carbocycles. The molecule has 1 aromatic carbocycles. The molecule has 1 amide bonds. The van der Waals surface area contributed by atoms with Crippen LogP contribution in [0.1, 0.15) is 15.9 Å². The molecule has 128 valence electrons. The highest BCUT2D eigenvalue weighted by Crippen LogP contribution is 2.31. The number of fused-ring (bicyclic) bond motifs is 1. The molecule has 6 nitrogen and oxygen atoms in total. The first-order valence-electron chi connectivity index (χ1n) is 8.37. The molecule has 0 saturated carbocycles. The molecule has 0 atom stereocenters. The van der Waals surface area contributed by atoms with Crippen LogP contribution in [0.4, 0.5) is 0 Å². The van der Waals surface area contributed by atoms with Gasteiger partial charge in [-0.2, -0.15) is 0 Å². The fraction of sp³-hybridized carbons (Fsp3) is 0.263. The molecule has 1 saturated heterocycles. The number of pyridine rings is 1. The largest absolute Gasteiger partial charge is 0.379 e. The van der Waals surface area contributed by atoms with Crippen LogP contribution in [-0.2, 0) is 11.3 Å². The fourth-order valence-corrected chi connectivity index (χ4v) is 3.28. The first-order chi connectivity index (χ1) is 12.2. The summed E-state index contributed by atoms with van der Waals surface area (Å²) < 4.78 is 5.43. The maximum absolute atomic E-state index is 11.5. The van der Waals surface area contributed by atoms with Crippen LogP contribution in [0.3, 0.4) is 0 Å². The number of carbonyl (C=O) groups is 1. The molecule has 25 heavy (non-hydrogen) atoms. The van der Waals surface area contributed by atoms with Crippen LogP contribution in [0.2, 0.25) is 0 Å². The summed E-state index contributed by atoms with van der Waals surface area (Å²) in [7, 11) is 0. The lowest BCUT2D eigenvalue weighted by Crippen LogP contribution is -2.35. The molecule has 2 aromatic heterocycles. The molecule has 0 spiro atoms. The number of carbonyl (C=O) groups excluding carboxylic acids is 1. The summed E-state index contributed by atoms with van der Waals surface area (Å²) in [4.78, 5) is 21.4. The van der Waals surface area contributed by atoms with Gasteiger partial charge in [0.25, 0.3) is 0 Å². The maximum Gasteiger partial charge on any atom is 0.250 e. The zero-order valence-corrected chi connectivity index (χ0v) is 13.9. The van der Waals surface area contributed by atoms with Crippen molar-refractivity contribution in [2.75, 3.05) is 26.3 Å². The molecule has 1 aliphatic rings. The molecule has 0 radical (unpaired) electrons. The first-order valence-corrected chi connectivity index (χ1v) is 8.37. The van der Waals surface area contributed by atoms with Crippen LogP contribution in [-0.4, -0.2) is 47.1 Å². The van der Waals surface area contributed by atoms with Crippen LogP contribution < -0.4 is 5.73 Å². The normalized spacial score (nSPS) is 15.5. The summed E-state index contributed by atoms with van der Waals surface area (Å²) >= 11 is 0. The highest BCUT2D eigenvalue weighted by Gasteiger charge is 2.16. The van der Waals surface area contributed by atoms with Gasteiger partial charge in [0.2, 0.25) is 5.91 Å². The average molecular weight is 336 g/mol. The average Bonchev–Trinajstić information content (AvgIpc) is 3.06.